The van der Waals surface area contributed by atoms with Gasteiger partial charge >= 0.3 is 0 Å². The van der Waals surface area contributed by atoms with Crippen LogP contribution in [0.15, 0.2) is 28.8 Å². The lowest BCUT2D eigenvalue weighted by atomic mass is 10.1. The minimum absolute atomic E-state index is 0.0264. The van der Waals surface area contributed by atoms with Gasteiger partial charge in [-0.05, 0) is 18.7 Å². The second-order valence-corrected chi connectivity index (χ2v) is 4.77. The SMILES string of the molecule is NCCc1nc(NC(=O)c2cc(-c3c(F)cccc3F)no2)n[nH]1. The summed E-state index contributed by atoms with van der Waals surface area (Å²) in [5.74, 6) is -2.02. The molecule has 124 valence electrons. The summed E-state index contributed by atoms with van der Waals surface area (Å²) in [6.45, 7) is 0.377. The molecule has 10 heteroatoms. The van der Waals surface area contributed by atoms with Gasteiger partial charge in [-0.1, -0.05) is 11.2 Å². The van der Waals surface area contributed by atoms with Gasteiger partial charge in [0, 0.05) is 12.5 Å². The Bertz CT molecular complexity index is 856. The molecule has 2 aromatic heterocycles. The van der Waals surface area contributed by atoms with Crippen molar-refractivity contribution >= 4 is 11.9 Å². The quantitative estimate of drug-likeness (QED) is 0.650. The number of H-pyrrole nitrogens is 1. The van der Waals surface area contributed by atoms with Crippen molar-refractivity contribution in [3.63, 3.8) is 0 Å². The number of carbonyl (C=O) groups excluding carboxylic acids is 1. The van der Waals surface area contributed by atoms with E-state index < -0.39 is 17.5 Å². The van der Waals surface area contributed by atoms with Gasteiger partial charge in [0.15, 0.2) is 0 Å². The van der Waals surface area contributed by atoms with E-state index in [4.69, 9.17) is 10.3 Å². The molecule has 1 amide bonds. The topological polar surface area (TPSA) is 123 Å². The van der Waals surface area contributed by atoms with Gasteiger partial charge in [0.1, 0.15) is 23.2 Å². The first-order chi connectivity index (χ1) is 11.6. The average molecular weight is 334 g/mol. The zero-order chi connectivity index (χ0) is 17.1. The molecule has 0 bridgehead atoms. The van der Waals surface area contributed by atoms with Crippen LogP contribution in [0.4, 0.5) is 14.7 Å². The maximum atomic E-state index is 13.7. The number of hydrogen-bond acceptors (Lipinski definition) is 6. The van der Waals surface area contributed by atoms with Gasteiger partial charge in [-0.3, -0.25) is 15.2 Å². The number of nitrogens with two attached hydrogens (primary N) is 1. The van der Waals surface area contributed by atoms with Gasteiger partial charge in [-0.2, -0.15) is 4.98 Å². The Balaban J connectivity index is 1.78. The lowest BCUT2D eigenvalue weighted by molar-refractivity contribution is 0.0987. The number of nitrogens with zero attached hydrogens (tertiary/aromatic N) is 3. The van der Waals surface area contributed by atoms with Crippen molar-refractivity contribution in [3.8, 4) is 11.3 Å². The first-order valence-electron chi connectivity index (χ1n) is 6.92. The van der Waals surface area contributed by atoms with Crippen LogP contribution >= 0.6 is 0 Å². The average Bonchev–Trinajstić information content (AvgIpc) is 3.17. The second kappa shape index (κ2) is 6.54. The highest BCUT2D eigenvalue weighted by molar-refractivity contribution is 6.01. The van der Waals surface area contributed by atoms with Crippen molar-refractivity contribution in [1.29, 1.82) is 0 Å². The molecule has 3 rings (SSSR count). The molecule has 0 saturated carbocycles. The first kappa shape index (κ1) is 15.7. The summed E-state index contributed by atoms with van der Waals surface area (Å²) in [7, 11) is 0. The monoisotopic (exact) mass is 334 g/mol. The number of aromatic nitrogens is 4. The van der Waals surface area contributed by atoms with Crippen LogP contribution in [-0.2, 0) is 6.42 Å². The smallest absolute Gasteiger partial charge is 0.296 e. The van der Waals surface area contributed by atoms with E-state index in [1.165, 1.54) is 6.07 Å². The zero-order valence-electron chi connectivity index (χ0n) is 12.2. The number of halogens is 2. The number of benzene rings is 1. The van der Waals surface area contributed by atoms with Crippen LogP contribution < -0.4 is 11.1 Å². The predicted octanol–water partition coefficient (Wildman–Crippen LogP) is 1.49. The molecule has 3 aromatic rings. The molecular weight excluding hydrogens is 322 g/mol. The molecular formula is C14H12F2N6O2. The van der Waals surface area contributed by atoms with Gasteiger partial charge in [0.05, 0.1) is 5.56 Å². The predicted molar refractivity (Wildman–Crippen MR) is 78.9 cm³/mol. The van der Waals surface area contributed by atoms with Gasteiger partial charge in [-0.25, -0.2) is 8.78 Å². The maximum Gasteiger partial charge on any atom is 0.296 e. The molecule has 4 N–H and O–H groups in total. The van der Waals surface area contributed by atoms with Crippen LogP contribution in [0.5, 0.6) is 0 Å². The Labute approximate surface area is 134 Å². The van der Waals surface area contributed by atoms with E-state index in [-0.39, 0.29) is 23.0 Å². The van der Waals surface area contributed by atoms with Crippen molar-refractivity contribution in [2.24, 2.45) is 5.73 Å². The highest BCUT2D eigenvalue weighted by Gasteiger charge is 2.20. The van der Waals surface area contributed by atoms with Crippen molar-refractivity contribution < 1.29 is 18.1 Å². The van der Waals surface area contributed by atoms with E-state index in [2.05, 4.69) is 25.7 Å². The number of amides is 1. The molecule has 1 aromatic carbocycles. The van der Waals surface area contributed by atoms with Crippen LogP contribution in [0.1, 0.15) is 16.4 Å². The number of carbonyl (C=O) groups is 1. The third-order valence-electron chi connectivity index (χ3n) is 3.09. The van der Waals surface area contributed by atoms with Crippen LogP contribution in [-0.4, -0.2) is 32.8 Å². The van der Waals surface area contributed by atoms with Gasteiger partial charge in [-0.15, -0.1) is 5.10 Å². The van der Waals surface area contributed by atoms with E-state index in [9.17, 15) is 13.6 Å². The van der Waals surface area contributed by atoms with E-state index >= 15 is 0 Å². The van der Waals surface area contributed by atoms with Gasteiger partial charge in [0.2, 0.25) is 11.7 Å². The summed E-state index contributed by atoms with van der Waals surface area (Å²) in [5, 5.41) is 12.3. The fourth-order valence-electron chi connectivity index (χ4n) is 2.01. The summed E-state index contributed by atoms with van der Waals surface area (Å²) in [4.78, 5) is 16.0. The van der Waals surface area contributed by atoms with E-state index in [0.29, 0.717) is 18.8 Å². The molecule has 0 fully saturated rings. The number of rotatable bonds is 5. The lowest BCUT2D eigenvalue weighted by Crippen LogP contribution is -2.12. The number of aromatic amines is 1. The largest absolute Gasteiger partial charge is 0.350 e. The normalized spacial score (nSPS) is 10.8. The summed E-state index contributed by atoms with van der Waals surface area (Å²) in [5.41, 5.74) is 4.88. The van der Waals surface area contributed by atoms with E-state index in [1.54, 1.807) is 0 Å². The number of hydrogen-bond donors (Lipinski definition) is 3. The molecule has 0 aliphatic carbocycles. The Hall–Kier alpha value is -3.14. The maximum absolute atomic E-state index is 13.7. The minimum Gasteiger partial charge on any atom is -0.350 e. The third kappa shape index (κ3) is 3.13. The van der Waals surface area contributed by atoms with Crippen molar-refractivity contribution in [2.45, 2.75) is 6.42 Å². The Morgan fingerprint density at radius 3 is 2.79 bits per heavy atom. The molecule has 24 heavy (non-hydrogen) atoms. The lowest BCUT2D eigenvalue weighted by Gasteiger charge is -1.99. The van der Waals surface area contributed by atoms with Crippen LogP contribution in [0.25, 0.3) is 11.3 Å². The minimum atomic E-state index is -0.810. The molecule has 0 atom stereocenters. The summed E-state index contributed by atoms with van der Waals surface area (Å²) < 4.78 is 32.3. The van der Waals surface area contributed by atoms with Gasteiger partial charge < -0.3 is 10.3 Å². The number of nitrogens with one attached hydrogen (secondary N) is 2. The van der Waals surface area contributed by atoms with Crippen molar-refractivity contribution in [3.05, 3.63) is 47.5 Å². The van der Waals surface area contributed by atoms with Crippen molar-refractivity contribution in [2.75, 3.05) is 11.9 Å². The van der Waals surface area contributed by atoms with Crippen LogP contribution in [0.3, 0.4) is 0 Å². The molecule has 8 nitrogen and oxygen atoms in total. The summed E-state index contributed by atoms with van der Waals surface area (Å²) in [6, 6.07) is 4.52. The third-order valence-corrected chi connectivity index (χ3v) is 3.09. The summed E-state index contributed by atoms with van der Waals surface area (Å²) in [6.07, 6.45) is 0.474. The Morgan fingerprint density at radius 1 is 1.33 bits per heavy atom. The highest BCUT2D eigenvalue weighted by atomic mass is 19.1. The van der Waals surface area contributed by atoms with E-state index in [0.717, 1.165) is 18.2 Å². The van der Waals surface area contributed by atoms with Crippen LogP contribution in [0, 0.1) is 11.6 Å². The van der Waals surface area contributed by atoms with Crippen molar-refractivity contribution in [1.82, 2.24) is 20.3 Å². The number of anilines is 1. The molecule has 0 saturated heterocycles. The van der Waals surface area contributed by atoms with Gasteiger partial charge in [0.25, 0.3) is 5.91 Å². The fraction of sp³-hybridized carbons (Fsp3) is 0.143. The standard InChI is InChI=1S/C14H12F2N6O2/c15-7-2-1-3-8(16)12(7)9-6-10(24-22-9)13(23)19-14-18-11(4-5-17)20-21-14/h1-3,6H,4-5,17H2,(H2,18,19,20,21,23). The zero-order valence-corrected chi connectivity index (χ0v) is 12.2. The Morgan fingerprint density at radius 2 is 2.08 bits per heavy atom. The second-order valence-electron chi connectivity index (χ2n) is 4.77. The highest BCUT2D eigenvalue weighted by Crippen LogP contribution is 2.25. The summed E-state index contributed by atoms with van der Waals surface area (Å²) >= 11 is 0. The molecule has 0 spiro atoms. The molecule has 0 unspecified atom stereocenters. The first-order valence-corrected chi connectivity index (χ1v) is 6.92. The molecule has 0 aliphatic rings. The van der Waals surface area contributed by atoms with E-state index in [1.807, 2.05) is 0 Å². The van der Waals surface area contributed by atoms with Crippen LogP contribution in [0.2, 0.25) is 0 Å². The molecule has 0 radical (unpaired) electrons. The molecule has 2 heterocycles. The fourth-order valence-corrected chi connectivity index (χ4v) is 2.01. The Kier molecular flexibility index (Phi) is 4.29. The molecule has 0 aliphatic heterocycles.